The van der Waals surface area contributed by atoms with Gasteiger partial charge in [0.1, 0.15) is 5.52 Å². The Balaban J connectivity index is 0.00000133. The Morgan fingerprint density at radius 2 is 1.89 bits per heavy atom. The van der Waals surface area contributed by atoms with Crippen LogP contribution in [-0.2, 0) is 0 Å². The quantitative estimate of drug-likeness (QED) is 0.843. The van der Waals surface area contributed by atoms with Gasteiger partial charge in [0, 0.05) is 6.04 Å². The lowest BCUT2D eigenvalue weighted by Gasteiger charge is -2.23. The Labute approximate surface area is 114 Å². The van der Waals surface area contributed by atoms with Gasteiger partial charge in [0.2, 0.25) is 0 Å². The first-order chi connectivity index (χ1) is 8.68. The van der Waals surface area contributed by atoms with Gasteiger partial charge in [-0.3, -0.25) is 4.57 Å². The van der Waals surface area contributed by atoms with Crippen molar-refractivity contribution in [1.82, 2.24) is 14.9 Å². The van der Waals surface area contributed by atoms with Crippen molar-refractivity contribution in [3.8, 4) is 0 Å². The van der Waals surface area contributed by atoms with Gasteiger partial charge in [0.25, 0.3) is 0 Å². The van der Waals surface area contributed by atoms with Crippen LogP contribution in [0.5, 0.6) is 0 Å². The van der Waals surface area contributed by atoms with Crippen molar-refractivity contribution in [3.05, 3.63) is 34.3 Å². The van der Waals surface area contributed by atoms with Crippen LogP contribution < -0.4 is 11.0 Å². The van der Waals surface area contributed by atoms with Crippen molar-refractivity contribution < 1.29 is 8.78 Å². The minimum Gasteiger partial charge on any atom is -0.317 e. The molecule has 7 heteroatoms. The summed E-state index contributed by atoms with van der Waals surface area (Å²) in [6, 6.07) is 2.34. The Morgan fingerprint density at radius 3 is 2.58 bits per heavy atom. The highest BCUT2D eigenvalue weighted by molar-refractivity contribution is 5.85. The lowest BCUT2D eigenvalue weighted by Crippen LogP contribution is -2.33. The second-order valence-corrected chi connectivity index (χ2v) is 4.54. The van der Waals surface area contributed by atoms with Crippen LogP contribution >= 0.6 is 12.4 Å². The predicted molar refractivity (Wildman–Crippen MR) is 70.9 cm³/mol. The molecule has 1 fully saturated rings. The summed E-state index contributed by atoms with van der Waals surface area (Å²) >= 11 is 0. The summed E-state index contributed by atoms with van der Waals surface area (Å²) in [5.41, 5.74) is 0.0192. The van der Waals surface area contributed by atoms with E-state index in [9.17, 15) is 13.6 Å². The van der Waals surface area contributed by atoms with Crippen molar-refractivity contribution in [3.63, 3.8) is 0 Å². The van der Waals surface area contributed by atoms with Gasteiger partial charge in [0.15, 0.2) is 11.6 Å². The second-order valence-electron chi connectivity index (χ2n) is 4.54. The molecular weight excluding hydrogens is 276 g/mol. The minimum absolute atomic E-state index is 0. The number of nitrogens with one attached hydrogen (secondary N) is 2. The minimum atomic E-state index is -0.954. The molecular formula is C12H14ClF2N3O. The summed E-state index contributed by atoms with van der Waals surface area (Å²) in [6.07, 6.45) is 1.48. The van der Waals surface area contributed by atoms with E-state index in [1.165, 1.54) is 10.6 Å². The molecule has 4 nitrogen and oxygen atoms in total. The Kier molecular flexibility index (Phi) is 3.91. The lowest BCUT2D eigenvalue weighted by molar-refractivity contribution is 0.365. The fourth-order valence-corrected chi connectivity index (χ4v) is 2.57. The zero-order valence-corrected chi connectivity index (χ0v) is 10.9. The molecule has 0 bridgehead atoms. The number of nitrogens with zero attached hydrogens (tertiary/aromatic N) is 1. The summed E-state index contributed by atoms with van der Waals surface area (Å²) < 4.78 is 28.5. The van der Waals surface area contributed by atoms with Gasteiger partial charge in [-0.2, -0.15) is 0 Å². The molecule has 2 N–H and O–H groups in total. The van der Waals surface area contributed by atoms with Crippen LogP contribution in [0, 0.1) is 11.6 Å². The van der Waals surface area contributed by atoms with Gasteiger partial charge in [-0.25, -0.2) is 13.6 Å². The molecule has 0 aliphatic carbocycles. The summed E-state index contributed by atoms with van der Waals surface area (Å²) in [7, 11) is 0. The largest absolute Gasteiger partial charge is 0.326 e. The fourth-order valence-electron chi connectivity index (χ4n) is 2.57. The highest BCUT2D eigenvalue weighted by Gasteiger charge is 2.22. The third-order valence-electron chi connectivity index (χ3n) is 3.44. The van der Waals surface area contributed by atoms with E-state index in [2.05, 4.69) is 10.3 Å². The molecule has 0 radical (unpaired) electrons. The third kappa shape index (κ3) is 2.26. The molecule has 2 aromatic rings. The van der Waals surface area contributed by atoms with Crippen molar-refractivity contribution in [2.45, 2.75) is 18.9 Å². The van der Waals surface area contributed by atoms with Crippen LogP contribution in [-0.4, -0.2) is 22.6 Å². The van der Waals surface area contributed by atoms with Gasteiger partial charge in [-0.15, -0.1) is 12.4 Å². The summed E-state index contributed by atoms with van der Waals surface area (Å²) in [5, 5.41) is 3.18. The number of piperidine rings is 1. The van der Waals surface area contributed by atoms with E-state index in [0.717, 1.165) is 32.0 Å². The number of fused-ring (bicyclic) bond motifs is 1. The van der Waals surface area contributed by atoms with Crippen LogP contribution in [0.3, 0.4) is 0 Å². The van der Waals surface area contributed by atoms with Gasteiger partial charge < -0.3 is 10.3 Å². The summed E-state index contributed by atoms with van der Waals surface area (Å²) in [6.45, 7) is 1.56. The van der Waals surface area contributed by atoms with Gasteiger partial charge in [-0.05, 0) is 38.1 Å². The Hall–Kier alpha value is -1.40. The molecule has 1 aliphatic heterocycles. The van der Waals surface area contributed by atoms with E-state index in [4.69, 9.17) is 0 Å². The SMILES string of the molecule is Cl.O=c1[nH]c2ccc(F)c(F)c2n1C1CCNCC1. The molecule has 3 rings (SSSR count). The maximum atomic E-state index is 13.9. The zero-order chi connectivity index (χ0) is 12.7. The molecule has 2 heterocycles. The number of rotatable bonds is 1. The first kappa shape index (κ1) is 14.0. The molecule has 0 atom stereocenters. The number of imidazole rings is 1. The molecule has 0 unspecified atom stereocenters. The number of benzene rings is 1. The molecule has 1 aromatic carbocycles. The van der Waals surface area contributed by atoms with Crippen molar-refractivity contribution in [2.24, 2.45) is 0 Å². The topological polar surface area (TPSA) is 49.8 Å². The number of aromatic nitrogens is 2. The number of hydrogen-bond acceptors (Lipinski definition) is 2. The van der Waals surface area contributed by atoms with Crippen LogP contribution in [0.4, 0.5) is 8.78 Å². The molecule has 0 saturated carbocycles. The monoisotopic (exact) mass is 289 g/mol. The molecule has 19 heavy (non-hydrogen) atoms. The maximum Gasteiger partial charge on any atom is 0.326 e. The highest BCUT2D eigenvalue weighted by Crippen LogP contribution is 2.24. The fraction of sp³-hybridized carbons (Fsp3) is 0.417. The third-order valence-corrected chi connectivity index (χ3v) is 3.44. The van der Waals surface area contributed by atoms with Gasteiger partial charge in [0.05, 0.1) is 5.52 Å². The second kappa shape index (κ2) is 5.30. The summed E-state index contributed by atoms with van der Waals surface area (Å²) in [5.74, 6) is -1.88. The summed E-state index contributed by atoms with van der Waals surface area (Å²) in [4.78, 5) is 14.5. The van der Waals surface area contributed by atoms with Crippen LogP contribution in [0.1, 0.15) is 18.9 Å². The van der Waals surface area contributed by atoms with Crippen LogP contribution in [0.2, 0.25) is 0 Å². The molecule has 0 spiro atoms. The molecule has 1 aromatic heterocycles. The first-order valence-electron chi connectivity index (χ1n) is 5.97. The Morgan fingerprint density at radius 1 is 1.21 bits per heavy atom. The van der Waals surface area contributed by atoms with E-state index < -0.39 is 11.6 Å². The maximum absolute atomic E-state index is 13.9. The molecule has 1 saturated heterocycles. The number of aromatic amines is 1. The Bertz CT molecular complexity index is 646. The van der Waals surface area contributed by atoms with E-state index in [1.807, 2.05) is 0 Å². The number of hydrogen-bond donors (Lipinski definition) is 2. The average Bonchev–Trinajstić information content (AvgIpc) is 2.72. The number of halogens is 3. The predicted octanol–water partition coefficient (Wildman–Crippen LogP) is 1.95. The van der Waals surface area contributed by atoms with E-state index in [1.54, 1.807) is 0 Å². The molecule has 0 amide bonds. The van der Waals surface area contributed by atoms with E-state index >= 15 is 0 Å². The van der Waals surface area contributed by atoms with Crippen LogP contribution in [0.25, 0.3) is 11.0 Å². The highest BCUT2D eigenvalue weighted by atomic mass is 35.5. The van der Waals surface area contributed by atoms with Crippen molar-refractivity contribution in [2.75, 3.05) is 13.1 Å². The normalized spacial score (nSPS) is 16.5. The van der Waals surface area contributed by atoms with E-state index in [-0.39, 0.29) is 29.7 Å². The van der Waals surface area contributed by atoms with Crippen molar-refractivity contribution >= 4 is 23.4 Å². The number of H-pyrrole nitrogens is 1. The van der Waals surface area contributed by atoms with Gasteiger partial charge >= 0.3 is 5.69 Å². The first-order valence-corrected chi connectivity index (χ1v) is 5.97. The van der Waals surface area contributed by atoms with Gasteiger partial charge in [-0.1, -0.05) is 0 Å². The van der Waals surface area contributed by atoms with Crippen LogP contribution in [0.15, 0.2) is 16.9 Å². The zero-order valence-electron chi connectivity index (χ0n) is 10.1. The smallest absolute Gasteiger partial charge is 0.317 e. The van der Waals surface area contributed by atoms with Crippen molar-refractivity contribution in [1.29, 1.82) is 0 Å². The molecule has 104 valence electrons. The van der Waals surface area contributed by atoms with E-state index in [0.29, 0.717) is 5.52 Å². The standard InChI is InChI=1S/C12H13F2N3O.ClH/c13-8-1-2-9-11(10(8)14)17(12(18)16-9)7-3-5-15-6-4-7;/h1-2,7,15H,3-6H2,(H,16,18);1H. The average molecular weight is 290 g/mol. The molecule has 1 aliphatic rings. The lowest BCUT2D eigenvalue weighted by atomic mass is 10.1.